The number of aromatic nitrogens is 2. The van der Waals surface area contributed by atoms with Gasteiger partial charge in [0.2, 0.25) is 5.95 Å². The zero-order chi connectivity index (χ0) is 23.5. The number of para-hydroxylation sites is 2. The third-order valence-electron chi connectivity index (χ3n) is 4.32. The van der Waals surface area contributed by atoms with Gasteiger partial charge in [-0.1, -0.05) is 24.1 Å². The molecule has 0 saturated heterocycles. The van der Waals surface area contributed by atoms with Gasteiger partial charge in [-0.25, -0.2) is 14.2 Å². The summed E-state index contributed by atoms with van der Waals surface area (Å²) in [5, 5.41) is 14.2. The molecule has 3 rings (SSSR count). The Balaban J connectivity index is 1.98. The van der Waals surface area contributed by atoms with E-state index in [0.717, 1.165) is 12.1 Å². The van der Waals surface area contributed by atoms with Gasteiger partial charge in [0.1, 0.15) is 17.2 Å². The zero-order valence-electron chi connectivity index (χ0n) is 16.7. The number of nitrogens with zero attached hydrogens (tertiary/aromatic N) is 3. The highest BCUT2D eigenvalue weighted by molar-refractivity contribution is 7.99. The lowest BCUT2D eigenvalue weighted by Gasteiger charge is -2.21. The maximum absolute atomic E-state index is 13.9. The van der Waals surface area contributed by atoms with Crippen LogP contribution in [0.2, 0.25) is 0 Å². The Hall–Kier alpha value is -3.54. The molecule has 32 heavy (non-hydrogen) atoms. The van der Waals surface area contributed by atoms with Crippen LogP contribution in [0.3, 0.4) is 0 Å². The number of nitrogens with one attached hydrogen (secondary N) is 2. The minimum Gasteiger partial charge on any atom is -0.478 e. The molecule has 0 fully saturated rings. The van der Waals surface area contributed by atoms with Crippen LogP contribution in [0, 0.1) is 5.82 Å². The van der Waals surface area contributed by atoms with Crippen molar-refractivity contribution in [1.82, 2.24) is 9.97 Å². The van der Waals surface area contributed by atoms with Crippen molar-refractivity contribution in [3.05, 3.63) is 65.6 Å². The van der Waals surface area contributed by atoms with Crippen LogP contribution in [0.5, 0.6) is 0 Å². The first kappa shape index (κ1) is 23.1. The Kier molecular flexibility index (Phi) is 6.72. The molecule has 0 bridgehead atoms. The number of carboxylic acids is 1. The largest absolute Gasteiger partial charge is 0.478 e. The van der Waals surface area contributed by atoms with E-state index >= 15 is 0 Å². The number of rotatable bonds is 7. The minimum absolute atomic E-state index is 0.0701. The first-order chi connectivity index (χ1) is 15.1. The second kappa shape index (κ2) is 9.30. The van der Waals surface area contributed by atoms with E-state index in [9.17, 15) is 22.4 Å². The first-order valence-corrected chi connectivity index (χ1v) is 10.2. The van der Waals surface area contributed by atoms with Crippen molar-refractivity contribution in [3.8, 4) is 0 Å². The molecule has 1 aromatic heterocycles. The van der Waals surface area contributed by atoms with Gasteiger partial charge >= 0.3 is 12.1 Å². The van der Waals surface area contributed by atoms with Gasteiger partial charge in [-0.15, -0.1) is 0 Å². The summed E-state index contributed by atoms with van der Waals surface area (Å²) in [6, 6.07) is 9.93. The van der Waals surface area contributed by atoms with Gasteiger partial charge in [0.25, 0.3) is 0 Å². The molecule has 0 radical (unpaired) electrons. The summed E-state index contributed by atoms with van der Waals surface area (Å²) in [7, 11) is 1.76. The highest BCUT2D eigenvalue weighted by Crippen LogP contribution is 2.37. The molecule has 0 aliphatic carbocycles. The van der Waals surface area contributed by atoms with E-state index in [1.165, 1.54) is 18.0 Å². The standard InChI is InChI=1S/C20H17F4N5O2S/c1-29(32-2)16-6-4-3-5-15(16)27-17-13(20(22,23)24)10-25-19(28-17)26-11-7-8-12(18(30)31)14(21)9-11/h3-10H,1-2H3,(H,30,31)(H2,25,26,27,28). The van der Waals surface area contributed by atoms with E-state index in [4.69, 9.17) is 5.11 Å². The SMILES string of the molecule is CSN(C)c1ccccc1Nc1nc(Nc2ccc(C(=O)O)c(F)c2)ncc1C(F)(F)F. The summed E-state index contributed by atoms with van der Waals surface area (Å²) in [5.41, 5.74) is -0.539. The number of anilines is 5. The normalized spacial score (nSPS) is 11.2. The van der Waals surface area contributed by atoms with Crippen molar-refractivity contribution in [1.29, 1.82) is 0 Å². The topological polar surface area (TPSA) is 90.4 Å². The molecule has 0 unspecified atom stereocenters. The lowest BCUT2D eigenvalue weighted by atomic mass is 10.2. The van der Waals surface area contributed by atoms with E-state index < -0.39 is 34.9 Å². The number of alkyl halides is 3. The van der Waals surface area contributed by atoms with Crippen LogP contribution >= 0.6 is 11.9 Å². The third kappa shape index (κ3) is 5.19. The molecular formula is C20H17F4N5O2S. The predicted octanol–water partition coefficient (Wildman–Crippen LogP) is 5.53. The molecule has 12 heteroatoms. The van der Waals surface area contributed by atoms with Crippen molar-refractivity contribution < 1.29 is 27.5 Å². The monoisotopic (exact) mass is 467 g/mol. The van der Waals surface area contributed by atoms with Gasteiger partial charge in [0.05, 0.1) is 16.9 Å². The Labute approximate surface area is 184 Å². The highest BCUT2D eigenvalue weighted by Gasteiger charge is 2.35. The van der Waals surface area contributed by atoms with Crippen LogP contribution < -0.4 is 14.9 Å². The molecule has 168 valence electrons. The van der Waals surface area contributed by atoms with Gasteiger partial charge in [-0.05, 0) is 30.3 Å². The average molecular weight is 467 g/mol. The van der Waals surface area contributed by atoms with Crippen molar-refractivity contribution in [2.45, 2.75) is 6.18 Å². The summed E-state index contributed by atoms with van der Waals surface area (Å²) in [4.78, 5) is 18.5. The number of carbonyl (C=O) groups is 1. The van der Waals surface area contributed by atoms with Gasteiger partial charge in [-0.2, -0.15) is 18.2 Å². The van der Waals surface area contributed by atoms with E-state index in [2.05, 4.69) is 20.6 Å². The number of carboxylic acid groups (broad SMARTS) is 1. The fraction of sp³-hybridized carbons (Fsp3) is 0.150. The van der Waals surface area contributed by atoms with E-state index in [1.807, 2.05) is 6.26 Å². The Morgan fingerprint density at radius 2 is 1.88 bits per heavy atom. The van der Waals surface area contributed by atoms with Crippen LogP contribution in [-0.4, -0.2) is 34.3 Å². The van der Waals surface area contributed by atoms with Crippen LogP contribution in [0.25, 0.3) is 0 Å². The molecule has 0 amide bonds. The van der Waals surface area contributed by atoms with E-state index in [1.54, 1.807) is 35.6 Å². The lowest BCUT2D eigenvalue weighted by Crippen LogP contribution is -2.14. The van der Waals surface area contributed by atoms with Gasteiger partial charge in [0.15, 0.2) is 0 Å². The Bertz CT molecular complexity index is 1140. The number of benzene rings is 2. The number of aromatic carboxylic acids is 1. The van der Waals surface area contributed by atoms with Crippen LogP contribution in [-0.2, 0) is 6.18 Å². The summed E-state index contributed by atoms with van der Waals surface area (Å²) in [6.45, 7) is 0. The second-order valence-electron chi connectivity index (χ2n) is 6.40. The molecule has 0 aliphatic heterocycles. The molecule has 0 spiro atoms. The van der Waals surface area contributed by atoms with Gasteiger partial charge < -0.3 is 20.0 Å². The van der Waals surface area contributed by atoms with Crippen LogP contribution in [0.4, 0.5) is 46.4 Å². The molecule has 3 N–H and O–H groups in total. The number of hydrogen-bond donors (Lipinski definition) is 3. The molecule has 3 aromatic rings. The van der Waals surface area contributed by atoms with Crippen molar-refractivity contribution in [3.63, 3.8) is 0 Å². The quantitative estimate of drug-likeness (QED) is 0.309. The van der Waals surface area contributed by atoms with E-state index in [-0.39, 0.29) is 11.6 Å². The fourth-order valence-corrected chi connectivity index (χ4v) is 3.08. The number of halogens is 4. The smallest absolute Gasteiger partial charge is 0.421 e. The minimum atomic E-state index is -4.73. The molecular weight excluding hydrogens is 450 g/mol. The van der Waals surface area contributed by atoms with Gasteiger partial charge in [-0.3, -0.25) is 0 Å². The molecule has 7 nitrogen and oxygen atoms in total. The summed E-state index contributed by atoms with van der Waals surface area (Å²) < 4.78 is 56.3. The Morgan fingerprint density at radius 3 is 2.50 bits per heavy atom. The maximum Gasteiger partial charge on any atom is 0.421 e. The summed E-state index contributed by atoms with van der Waals surface area (Å²) in [6.07, 6.45) is -2.30. The summed E-state index contributed by atoms with van der Waals surface area (Å²) >= 11 is 1.37. The van der Waals surface area contributed by atoms with Crippen molar-refractivity contribution >= 4 is 46.7 Å². The molecule has 2 aromatic carbocycles. The summed E-state index contributed by atoms with van der Waals surface area (Å²) in [5.74, 6) is -3.19. The lowest BCUT2D eigenvalue weighted by molar-refractivity contribution is -0.137. The molecule has 0 atom stereocenters. The zero-order valence-corrected chi connectivity index (χ0v) is 17.6. The first-order valence-electron chi connectivity index (χ1n) is 8.98. The van der Waals surface area contributed by atoms with Gasteiger partial charge in [0, 0.05) is 25.2 Å². The maximum atomic E-state index is 13.9. The Morgan fingerprint density at radius 1 is 1.16 bits per heavy atom. The van der Waals surface area contributed by atoms with E-state index in [0.29, 0.717) is 17.6 Å². The fourth-order valence-electron chi connectivity index (χ4n) is 2.72. The number of hydrogen-bond acceptors (Lipinski definition) is 7. The second-order valence-corrected chi connectivity index (χ2v) is 7.31. The van der Waals surface area contributed by atoms with Crippen LogP contribution in [0.1, 0.15) is 15.9 Å². The predicted molar refractivity (Wildman–Crippen MR) is 115 cm³/mol. The molecule has 0 aliphatic rings. The van der Waals surface area contributed by atoms with Crippen molar-refractivity contribution in [2.75, 3.05) is 28.2 Å². The third-order valence-corrected chi connectivity index (χ3v) is 5.06. The molecule has 1 heterocycles. The molecule has 0 saturated carbocycles. The highest BCUT2D eigenvalue weighted by atomic mass is 32.2. The van der Waals surface area contributed by atoms with Crippen LogP contribution in [0.15, 0.2) is 48.7 Å². The average Bonchev–Trinajstić information content (AvgIpc) is 2.72. The van der Waals surface area contributed by atoms with Crippen molar-refractivity contribution in [2.24, 2.45) is 0 Å².